The van der Waals surface area contributed by atoms with Gasteiger partial charge in [0.25, 0.3) is 0 Å². The Morgan fingerprint density at radius 2 is 1.94 bits per heavy atom. The van der Waals surface area contributed by atoms with Crippen molar-refractivity contribution in [3.05, 3.63) is 47.8 Å². The van der Waals surface area contributed by atoms with Crippen LogP contribution in [-0.4, -0.2) is 40.0 Å². The number of hydrogen-bond donors (Lipinski definition) is 1. The number of carbonyl (C=O) groups excluding carboxylic acids is 1. The molecule has 7 nitrogen and oxygen atoms in total. The summed E-state index contributed by atoms with van der Waals surface area (Å²) >= 11 is 0. The van der Waals surface area contributed by atoms with Gasteiger partial charge in [0.2, 0.25) is 0 Å². The Morgan fingerprint density at radius 1 is 1.19 bits per heavy atom. The highest BCUT2D eigenvalue weighted by Crippen LogP contribution is 2.37. The van der Waals surface area contributed by atoms with Gasteiger partial charge in [-0.3, -0.25) is 4.90 Å². The first-order chi connectivity index (χ1) is 16.9. The number of imidazole rings is 1. The molecule has 8 heteroatoms. The van der Waals surface area contributed by atoms with Crippen LogP contribution in [0, 0.1) is 23.6 Å². The van der Waals surface area contributed by atoms with Gasteiger partial charge < -0.3 is 14.6 Å². The standard InChI is InChI=1S/C28H39FN6O/c1-8-11-28(6,7)18-34(17-27(3,4)5)23-9-12-30-25-20(23)10-13-35(25)26(36)32-22-16-33-15-19(2)31-24(33)14-21(22)29/h9,12,14-16H,8,10-11,13,17-18H2,1-7H3,(H,32,36). The average molecular weight is 495 g/mol. The molecule has 0 saturated heterocycles. The lowest BCUT2D eigenvalue weighted by Crippen LogP contribution is -2.40. The van der Waals surface area contributed by atoms with E-state index in [9.17, 15) is 9.18 Å². The Bertz CT molecular complexity index is 1260. The SMILES string of the molecule is CCCC(C)(C)CN(CC(C)(C)C)c1ccnc2c1CCN2C(=O)Nc1cn2cc(C)nc2cc1F. The van der Waals surface area contributed by atoms with E-state index in [2.05, 4.69) is 67.8 Å². The van der Waals surface area contributed by atoms with Crippen molar-refractivity contribution >= 4 is 28.9 Å². The van der Waals surface area contributed by atoms with Gasteiger partial charge in [0, 0.05) is 55.5 Å². The predicted molar refractivity (Wildman–Crippen MR) is 145 cm³/mol. The van der Waals surface area contributed by atoms with Gasteiger partial charge in [-0.05, 0) is 36.7 Å². The Hall–Kier alpha value is -3.16. The van der Waals surface area contributed by atoms with Crippen molar-refractivity contribution in [3.63, 3.8) is 0 Å². The molecule has 0 aromatic carbocycles. The second-order valence-corrected chi connectivity index (χ2v) is 12.0. The van der Waals surface area contributed by atoms with Gasteiger partial charge in [0.05, 0.1) is 11.4 Å². The quantitative estimate of drug-likeness (QED) is 0.410. The minimum absolute atomic E-state index is 0.107. The molecule has 0 saturated carbocycles. The van der Waals surface area contributed by atoms with Crippen molar-refractivity contribution in [3.8, 4) is 0 Å². The smallest absolute Gasteiger partial charge is 0.327 e. The van der Waals surface area contributed by atoms with Crippen LogP contribution in [0.25, 0.3) is 5.65 Å². The molecule has 0 radical (unpaired) electrons. The number of fused-ring (bicyclic) bond motifs is 2. The molecule has 0 bridgehead atoms. The molecule has 1 N–H and O–H groups in total. The van der Waals surface area contributed by atoms with Crippen molar-refractivity contribution < 1.29 is 9.18 Å². The molecule has 0 fully saturated rings. The van der Waals surface area contributed by atoms with E-state index in [0.717, 1.165) is 42.9 Å². The van der Waals surface area contributed by atoms with Crippen LogP contribution >= 0.6 is 0 Å². The summed E-state index contributed by atoms with van der Waals surface area (Å²) < 4.78 is 16.4. The zero-order valence-electron chi connectivity index (χ0n) is 22.7. The van der Waals surface area contributed by atoms with Gasteiger partial charge in [-0.25, -0.2) is 19.2 Å². The molecule has 0 unspecified atom stereocenters. The first-order valence-electron chi connectivity index (χ1n) is 12.8. The van der Waals surface area contributed by atoms with Crippen molar-refractivity contribution in [2.75, 3.05) is 34.8 Å². The zero-order valence-corrected chi connectivity index (χ0v) is 22.7. The molecule has 0 atom stereocenters. The second-order valence-electron chi connectivity index (χ2n) is 12.0. The number of anilines is 3. The third-order valence-electron chi connectivity index (χ3n) is 6.55. The maximum Gasteiger partial charge on any atom is 0.327 e. The molecule has 36 heavy (non-hydrogen) atoms. The molecule has 4 heterocycles. The molecule has 4 rings (SSSR count). The van der Waals surface area contributed by atoms with Gasteiger partial charge in [0.15, 0.2) is 5.82 Å². The molecule has 3 aromatic heterocycles. The number of amides is 2. The van der Waals surface area contributed by atoms with E-state index in [1.807, 2.05) is 6.92 Å². The van der Waals surface area contributed by atoms with Gasteiger partial charge in [-0.1, -0.05) is 48.0 Å². The highest BCUT2D eigenvalue weighted by atomic mass is 19.1. The number of nitrogens with one attached hydrogen (secondary N) is 1. The van der Waals surface area contributed by atoms with E-state index in [-0.39, 0.29) is 22.5 Å². The maximum atomic E-state index is 14.7. The Labute approximate surface area is 213 Å². The first kappa shape index (κ1) is 25.9. The largest absolute Gasteiger partial charge is 0.370 e. The fourth-order valence-corrected chi connectivity index (χ4v) is 5.25. The van der Waals surface area contributed by atoms with Gasteiger partial charge >= 0.3 is 6.03 Å². The van der Waals surface area contributed by atoms with Crippen LogP contribution in [0.15, 0.2) is 30.7 Å². The molecular formula is C28H39FN6O. The number of nitrogens with zero attached hydrogens (tertiary/aromatic N) is 5. The third kappa shape index (κ3) is 5.63. The third-order valence-corrected chi connectivity index (χ3v) is 6.55. The number of halogens is 1. The van der Waals surface area contributed by atoms with E-state index >= 15 is 0 Å². The highest BCUT2D eigenvalue weighted by Gasteiger charge is 2.32. The van der Waals surface area contributed by atoms with Crippen molar-refractivity contribution in [2.24, 2.45) is 10.8 Å². The summed E-state index contributed by atoms with van der Waals surface area (Å²) in [4.78, 5) is 26.2. The number of urea groups is 1. The van der Waals surface area contributed by atoms with Crippen LogP contribution in [0.3, 0.4) is 0 Å². The zero-order chi connectivity index (χ0) is 26.3. The van der Waals surface area contributed by atoms with Crippen LogP contribution in [-0.2, 0) is 6.42 Å². The predicted octanol–water partition coefficient (Wildman–Crippen LogP) is 6.45. The number of hydrogen-bond acceptors (Lipinski definition) is 4. The molecule has 3 aromatic rings. The van der Waals surface area contributed by atoms with E-state index in [1.165, 1.54) is 6.07 Å². The molecule has 2 amide bonds. The van der Waals surface area contributed by atoms with Crippen molar-refractivity contribution in [1.29, 1.82) is 0 Å². The monoisotopic (exact) mass is 494 g/mol. The van der Waals surface area contributed by atoms with Crippen molar-refractivity contribution in [2.45, 2.75) is 67.7 Å². The molecule has 1 aliphatic rings. The van der Waals surface area contributed by atoms with Crippen molar-refractivity contribution in [1.82, 2.24) is 14.4 Å². The topological polar surface area (TPSA) is 65.8 Å². The second kappa shape index (κ2) is 9.71. The lowest BCUT2D eigenvalue weighted by atomic mass is 9.86. The summed E-state index contributed by atoms with van der Waals surface area (Å²) in [5.74, 6) is 0.134. The summed E-state index contributed by atoms with van der Waals surface area (Å²) in [6.07, 6.45) is 8.13. The maximum absolute atomic E-state index is 14.7. The molecule has 1 aliphatic heterocycles. The lowest BCUT2D eigenvalue weighted by Gasteiger charge is -2.38. The minimum atomic E-state index is -0.517. The Balaban J connectivity index is 1.61. The van der Waals surface area contributed by atoms with Gasteiger partial charge in [-0.15, -0.1) is 0 Å². The molecule has 194 valence electrons. The minimum Gasteiger partial charge on any atom is -0.370 e. The molecule has 0 spiro atoms. The van der Waals surface area contributed by atoms with Crippen LogP contribution in [0.2, 0.25) is 0 Å². The summed E-state index contributed by atoms with van der Waals surface area (Å²) in [5.41, 5.74) is 3.88. The highest BCUT2D eigenvalue weighted by molar-refractivity contribution is 6.03. The number of rotatable bonds is 7. The van der Waals surface area contributed by atoms with Gasteiger partial charge in [-0.2, -0.15) is 0 Å². The van der Waals surface area contributed by atoms with E-state index < -0.39 is 5.82 Å². The summed E-state index contributed by atoms with van der Waals surface area (Å²) in [6, 6.07) is 3.02. The Kier molecular flexibility index (Phi) is 6.99. The summed E-state index contributed by atoms with van der Waals surface area (Å²) in [7, 11) is 0. The van der Waals surface area contributed by atoms with Gasteiger partial charge in [0.1, 0.15) is 11.5 Å². The molecular weight excluding hydrogens is 455 g/mol. The van der Waals surface area contributed by atoms with Crippen LogP contribution in [0.1, 0.15) is 65.6 Å². The number of aromatic nitrogens is 3. The number of carbonyl (C=O) groups is 1. The fraction of sp³-hybridized carbons (Fsp3) is 0.536. The summed E-state index contributed by atoms with van der Waals surface area (Å²) in [6.45, 7) is 17.8. The fourth-order valence-electron chi connectivity index (χ4n) is 5.25. The average Bonchev–Trinajstić information content (AvgIpc) is 3.34. The summed E-state index contributed by atoms with van der Waals surface area (Å²) in [5, 5.41) is 2.75. The number of pyridine rings is 2. The first-order valence-corrected chi connectivity index (χ1v) is 12.8. The van der Waals surface area contributed by atoms with E-state index in [4.69, 9.17) is 0 Å². The molecule has 0 aliphatic carbocycles. The lowest BCUT2D eigenvalue weighted by molar-refractivity contribution is 0.257. The van der Waals surface area contributed by atoms with Crippen LogP contribution in [0.4, 0.5) is 26.4 Å². The normalized spacial score (nSPS) is 13.8. The van der Waals surface area contributed by atoms with Crippen LogP contribution in [0.5, 0.6) is 0 Å². The van der Waals surface area contributed by atoms with E-state index in [0.29, 0.717) is 24.4 Å². The van der Waals surface area contributed by atoms with E-state index in [1.54, 1.807) is 27.9 Å². The van der Waals surface area contributed by atoms with Crippen LogP contribution < -0.4 is 15.1 Å². The number of aryl methyl sites for hydroxylation is 1. The Morgan fingerprint density at radius 3 is 2.64 bits per heavy atom.